The highest BCUT2D eigenvalue weighted by Gasteiger charge is 2.37. The fourth-order valence-electron chi connectivity index (χ4n) is 2.73. The van der Waals surface area contributed by atoms with Gasteiger partial charge in [-0.3, -0.25) is 19.2 Å². The molecular weight excluding hydrogens is 526 g/mol. The van der Waals surface area contributed by atoms with Gasteiger partial charge in [0.05, 0.1) is 0 Å². The Morgan fingerprint density at radius 1 is 0.833 bits per heavy atom. The molecule has 1 heterocycles. The summed E-state index contributed by atoms with van der Waals surface area (Å²) in [5.74, 6) is -1.15. The molecule has 8 nitrogen and oxygen atoms in total. The van der Waals surface area contributed by atoms with Gasteiger partial charge in [-0.05, 0) is 37.3 Å². The van der Waals surface area contributed by atoms with Crippen LogP contribution in [0.5, 0.6) is 0 Å². The summed E-state index contributed by atoms with van der Waals surface area (Å²) in [4.78, 5) is 46.8. The van der Waals surface area contributed by atoms with Crippen LogP contribution >= 0.6 is 31.9 Å². The zero-order chi connectivity index (χ0) is 22.2. The Morgan fingerprint density at radius 3 is 1.93 bits per heavy atom. The molecular formula is C20H33Br2NO7. The van der Waals surface area contributed by atoms with E-state index in [9.17, 15) is 14.4 Å². The molecule has 10 heteroatoms. The van der Waals surface area contributed by atoms with Crippen LogP contribution in [-0.4, -0.2) is 59.2 Å². The first-order valence-corrected chi connectivity index (χ1v) is 12.9. The van der Waals surface area contributed by atoms with E-state index in [0.29, 0.717) is 19.3 Å². The van der Waals surface area contributed by atoms with Crippen molar-refractivity contribution in [3.8, 4) is 0 Å². The minimum atomic E-state index is -0.761. The smallest absolute Gasteiger partial charge is 0.328 e. The van der Waals surface area contributed by atoms with E-state index in [2.05, 4.69) is 38.8 Å². The van der Waals surface area contributed by atoms with Crippen LogP contribution in [0.15, 0.2) is 0 Å². The lowest BCUT2D eigenvalue weighted by molar-refractivity contribution is -0.381. The molecule has 0 aromatic rings. The van der Waals surface area contributed by atoms with Crippen LogP contribution in [0.1, 0.15) is 71.1 Å². The lowest BCUT2D eigenvalue weighted by Crippen LogP contribution is -2.52. The summed E-state index contributed by atoms with van der Waals surface area (Å²) in [6.45, 7) is 1.99. The monoisotopic (exact) mass is 557 g/mol. The van der Waals surface area contributed by atoms with E-state index < -0.39 is 18.2 Å². The highest BCUT2D eigenvalue weighted by atomic mass is 79.9. The predicted molar refractivity (Wildman–Crippen MR) is 118 cm³/mol. The maximum absolute atomic E-state index is 12.2. The third-order valence-electron chi connectivity index (χ3n) is 4.41. The summed E-state index contributed by atoms with van der Waals surface area (Å²) < 4.78 is 11.0. The molecule has 2 atom stereocenters. The largest absolute Gasteiger partial charge is 0.457 e. The lowest BCUT2D eigenvalue weighted by atomic mass is 10.1. The van der Waals surface area contributed by atoms with Gasteiger partial charge in [0.1, 0.15) is 13.2 Å². The molecule has 0 spiro atoms. The maximum atomic E-state index is 12.2. The zero-order valence-electron chi connectivity index (χ0n) is 17.6. The standard InChI is InChI=1S/C20H33Br2NO7/c1-2-3-4-9-18(24)28-16-14-23(30-20(26)11-6-8-13-22)27-15-17(16)29-19(25)10-5-7-12-21/h16-17H,2-15H2,1H3/t16-,17+/m0/s1. The number of unbranched alkanes of at least 4 members (excludes halogenated alkanes) is 4. The Hall–Kier alpha value is -0.710. The van der Waals surface area contributed by atoms with E-state index >= 15 is 0 Å². The number of carbonyl (C=O) groups is 3. The molecule has 0 aromatic carbocycles. The van der Waals surface area contributed by atoms with Crippen molar-refractivity contribution in [2.24, 2.45) is 0 Å². The van der Waals surface area contributed by atoms with Crippen molar-refractivity contribution in [1.29, 1.82) is 0 Å². The van der Waals surface area contributed by atoms with E-state index in [0.717, 1.165) is 48.0 Å². The number of nitrogens with zero attached hydrogens (tertiary/aromatic N) is 1. The maximum Gasteiger partial charge on any atom is 0.328 e. The van der Waals surface area contributed by atoms with Crippen LogP contribution in [-0.2, 0) is 33.5 Å². The molecule has 0 amide bonds. The van der Waals surface area contributed by atoms with Crippen molar-refractivity contribution in [3.05, 3.63) is 0 Å². The predicted octanol–water partition coefficient (Wildman–Crippen LogP) is 4.23. The third-order valence-corrected chi connectivity index (χ3v) is 5.53. The fraction of sp³-hybridized carbons (Fsp3) is 0.850. The summed E-state index contributed by atoms with van der Waals surface area (Å²) in [5.41, 5.74) is 0. The Morgan fingerprint density at radius 2 is 1.37 bits per heavy atom. The minimum absolute atomic E-state index is 0.0109. The zero-order valence-corrected chi connectivity index (χ0v) is 20.8. The molecule has 1 saturated heterocycles. The number of alkyl halides is 2. The van der Waals surface area contributed by atoms with Crippen molar-refractivity contribution < 1.29 is 33.5 Å². The number of hydrogen-bond donors (Lipinski definition) is 0. The number of hydrogen-bond acceptors (Lipinski definition) is 8. The van der Waals surface area contributed by atoms with Gasteiger partial charge in [0, 0.05) is 29.9 Å². The second-order valence-corrected chi connectivity index (χ2v) is 8.67. The SMILES string of the molecule is CCCCCC(=O)O[C@H]1CN(OC(=O)CCCCBr)OC[C@H]1OC(=O)CCCCBr. The van der Waals surface area contributed by atoms with E-state index in [1.54, 1.807) is 0 Å². The van der Waals surface area contributed by atoms with Gasteiger partial charge in [0.25, 0.3) is 0 Å². The number of esters is 2. The summed E-state index contributed by atoms with van der Waals surface area (Å²) in [5, 5.41) is 2.66. The highest BCUT2D eigenvalue weighted by molar-refractivity contribution is 9.09. The fourth-order valence-corrected chi connectivity index (χ4v) is 3.52. The topological polar surface area (TPSA) is 91.4 Å². The van der Waals surface area contributed by atoms with Crippen LogP contribution in [0, 0.1) is 0 Å². The van der Waals surface area contributed by atoms with Crippen molar-refractivity contribution in [2.75, 3.05) is 23.8 Å². The summed E-state index contributed by atoms with van der Waals surface area (Å²) in [6, 6.07) is 0. The minimum Gasteiger partial charge on any atom is -0.457 e. The highest BCUT2D eigenvalue weighted by Crippen LogP contribution is 2.18. The molecule has 174 valence electrons. The van der Waals surface area contributed by atoms with Crippen molar-refractivity contribution in [1.82, 2.24) is 5.23 Å². The van der Waals surface area contributed by atoms with Crippen molar-refractivity contribution >= 4 is 49.8 Å². The van der Waals surface area contributed by atoms with Gasteiger partial charge in [0.15, 0.2) is 12.2 Å². The van der Waals surface area contributed by atoms with Crippen molar-refractivity contribution in [2.45, 2.75) is 83.3 Å². The quantitative estimate of drug-likeness (QED) is 0.167. The van der Waals surface area contributed by atoms with Crippen LogP contribution in [0.25, 0.3) is 0 Å². The van der Waals surface area contributed by atoms with Crippen molar-refractivity contribution in [3.63, 3.8) is 0 Å². The average molecular weight is 559 g/mol. The van der Waals surface area contributed by atoms with Gasteiger partial charge in [-0.2, -0.15) is 0 Å². The summed E-state index contributed by atoms with van der Waals surface area (Å²) in [6.07, 6.45) is 5.15. The van der Waals surface area contributed by atoms with E-state index in [1.807, 2.05) is 0 Å². The molecule has 1 fully saturated rings. The van der Waals surface area contributed by atoms with E-state index in [1.165, 1.54) is 0 Å². The second-order valence-electron chi connectivity index (χ2n) is 7.08. The van der Waals surface area contributed by atoms with Crippen LogP contribution in [0.4, 0.5) is 0 Å². The molecule has 0 unspecified atom stereocenters. The molecule has 30 heavy (non-hydrogen) atoms. The normalized spacial score (nSPS) is 19.3. The van der Waals surface area contributed by atoms with Gasteiger partial charge >= 0.3 is 17.9 Å². The molecule has 0 N–H and O–H groups in total. The van der Waals surface area contributed by atoms with Gasteiger partial charge < -0.3 is 14.3 Å². The number of carbonyl (C=O) groups excluding carboxylic acids is 3. The Labute approximate surface area is 195 Å². The van der Waals surface area contributed by atoms with Crippen LogP contribution < -0.4 is 0 Å². The van der Waals surface area contributed by atoms with Gasteiger partial charge in [0.2, 0.25) is 0 Å². The van der Waals surface area contributed by atoms with E-state index in [-0.39, 0.29) is 37.9 Å². The van der Waals surface area contributed by atoms with Crippen LogP contribution in [0.2, 0.25) is 0 Å². The van der Waals surface area contributed by atoms with Gasteiger partial charge in [-0.1, -0.05) is 51.6 Å². The molecule has 1 rings (SSSR count). The Balaban J connectivity index is 2.60. The molecule has 1 aliphatic heterocycles. The number of rotatable bonds is 15. The van der Waals surface area contributed by atoms with Gasteiger partial charge in [-0.15, -0.1) is 0 Å². The number of ether oxygens (including phenoxy) is 2. The van der Waals surface area contributed by atoms with Gasteiger partial charge in [-0.25, -0.2) is 0 Å². The molecule has 0 saturated carbocycles. The first-order valence-electron chi connectivity index (χ1n) is 10.6. The second kappa shape index (κ2) is 16.9. The lowest BCUT2D eigenvalue weighted by Gasteiger charge is -2.35. The first-order chi connectivity index (χ1) is 14.5. The summed E-state index contributed by atoms with van der Waals surface area (Å²) in [7, 11) is 0. The van der Waals surface area contributed by atoms with E-state index in [4.69, 9.17) is 19.1 Å². The summed E-state index contributed by atoms with van der Waals surface area (Å²) >= 11 is 6.64. The Bertz CT molecular complexity index is 521. The third kappa shape index (κ3) is 12.2. The molecule has 0 aromatic heterocycles. The van der Waals surface area contributed by atoms with Crippen LogP contribution in [0.3, 0.4) is 0 Å². The molecule has 0 radical (unpaired) electrons. The molecule has 0 bridgehead atoms. The first kappa shape index (κ1) is 27.3. The molecule has 0 aliphatic carbocycles. The number of hydroxylamine groups is 2. The Kier molecular flexibility index (Phi) is 15.4. The average Bonchev–Trinajstić information content (AvgIpc) is 2.70. The number of halogens is 2. The molecule has 1 aliphatic rings.